The van der Waals surface area contributed by atoms with E-state index >= 15 is 0 Å². The maximum atomic E-state index is 13.0. The Morgan fingerprint density at radius 3 is 2.41 bits per heavy atom. The van der Waals surface area contributed by atoms with Crippen LogP contribution in [0.2, 0.25) is 0 Å². The molecular formula is C27H20F3N5O3S. The smallest absolute Gasteiger partial charge is 0.416 e. The van der Waals surface area contributed by atoms with Gasteiger partial charge in [0.05, 0.1) is 21.5 Å². The number of fused-ring (bicyclic) bond motifs is 1. The molecule has 0 spiro atoms. The topological polar surface area (TPSA) is 109 Å². The van der Waals surface area contributed by atoms with Crippen LogP contribution in [0.1, 0.15) is 37.5 Å². The third kappa shape index (κ3) is 5.91. The lowest BCUT2D eigenvalue weighted by molar-refractivity contribution is -0.137. The van der Waals surface area contributed by atoms with Gasteiger partial charge in [0.25, 0.3) is 11.8 Å². The van der Waals surface area contributed by atoms with E-state index in [9.17, 15) is 22.8 Å². The first-order chi connectivity index (χ1) is 18.5. The van der Waals surface area contributed by atoms with Gasteiger partial charge in [-0.1, -0.05) is 23.5 Å². The molecule has 2 heterocycles. The molecule has 2 aromatic heterocycles. The van der Waals surface area contributed by atoms with Crippen molar-refractivity contribution in [1.82, 2.24) is 9.97 Å². The van der Waals surface area contributed by atoms with Crippen molar-refractivity contribution in [2.45, 2.75) is 20.0 Å². The van der Waals surface area contributed by atoms with Crippen molar-refractivity contribution in [2.24, 2.45) is 0 Å². The Morgan fingerprint density at radius 2 is 1.67 bits per heavy atom. The van der Waals surface area contributed by atoms with Gasteiger partial charge in [0.2, 0.25) is 0 Å². The van der Waals surface area contributed by atoms with Crippen LogP contribution >= 0.6 is 11.3 Å². The van der Waals surface area contributed by atoms with Crippen LogP contribution in [0.15, 0.2) is 71.3 Å². The van der Waals surface area contributed by atoms with Gasteiger partial charge in [0.15, 0.2) is 5.13 Å². The number of hydrogen-bond donors (Lipinski definition) is 3. The fraction of sp³-hybridized carbons (Fsp3) is 0.111. The highest BCUT2D eigenvalue weighted by Crippen LogP contribution is 2.31. The monoisotopic (exact) mass is 551 g/mol. The standard InChI is InChI=1S/C27H20F3N5O3S/c1-14-6-8-19(32-23(36)16-4-3-5-18(10-16)27(28,29)30)12-21(14)33-24(37)17-7-9-20-22(11-17)39-26(34-20)35-25-31-15(2)13-38-25/h3-13H,1-2H3,(H,32,36)(H,33,37)(H,31,34,35). The number of aromatic nitrogens is 2. The Labute approximate surface area is 223 Å². The van der Waals surface area contributed by atoms with E-state index in [2.05, 4.69) is 25.9 Å². The third-order valence-electron chi connectivity index (χ3n) is 5.68. The van der Waals surface area contributed by atoms with Gasteiger partial charge >= 0.3 is 12.2 Å². The summed E-state index contributed by atoms with van der Waals surface area (Å²) in [7, 11) is 0. The zero-order chi connectivity index (χ0) is 27.7. The number of thiazole rings is 1. The summed E-state index contributed by atoms with van der Waals surface area (Å²) in [6, 6.07) is 14.4. The number of amides is 2. The lowest BCUT2D eigenvalue weighted by Gasteiger charge is -2.13. The maximum absolute atomic E-state index is 13.0. The van der Waals surface area contributed by atoms with E-state index in [0.29, 0.717) is 33.6 Å². The van der Waals surface area contributed by atoms with Gasteiger partial charge in [0, 0.05) is 22.5 Å². The zero-order valence-corrected chi connectivity index (χ0v) is 21.3. The molecule has 3 N–H and O–H groups in total. The third-order valence-corrected chi connectivity index (χ3v) is 6.61. The molecule has 39 heavy (non-hydrogen) atoms. The number of carbonyl (C=O) groups is 2. The zero-order valence-electron chi connectivity index (χ0n) is 20.5. The molecule has 0 aliphatic rings. The number of halogens is 3. The molecule has 0 radical (unpaired) electrons. The first-order valence-electron chi connectivity index (χ1n) is 11.6. The van der Waals surface area contributed by atoms with Gasteiger partial charge in [-0.15, -0.1) is 0 Å². The molecule has 5 aromatic rings. The van der Waals surface area contributed by atoms with Crippen LogP contribution < -0.4 is 16.0 Å². The molecule has 8 nitrogen and oxygen atoms in total. The molecule has 0 atom stereocenters. The fourth-order valence-electron chi connectivity index (χ4n) is 3.69. The molecule has 0 fully saturated rings. The van der Waals surface area contributed by atoms with Gasteiger partial charge < -0.3 is 15.1 Å². The molecule has 0 bridgehead atoms. The minimum absolute atomic E-state index is 0.138. The van der Waals surface area contributed by atoms with Crippen molar-refractivity contribution in [3.05, 3.63) is 94.9 Å². The summed E-state index contributed by atoms with van der Waals surface area (Å²) in [4.78, 5) is 34.3. The minimum Gasteiger partial charge on any atom is -0.432 e. The molecule has 5 rings (SSSR count). The molecular weight excluding hydrogens is 531 g/mol. The van der Waals surface area contributed by atoms with Gasteiger partial charge in [-0.3, -0.25) is 14.9 Å². The number of anilines is 4. The molecule has 198 valence electrons. The number of benzene rings is 3. The largest absolute Gasteiger partial charge is 0.432 e. The lowest BCUT2D eigenvalue weighted by Crippen LogP contribution is -2.15. The Bertz CT molecular complexity index is 1710. The highest BCUT2D eigenvalue weighted by atomic mass is 32.1. The van der Waals surface area contributed by atoms with Gasteiger partial charge in [-0.2, -0.15) is 18.2 Å². The molecule has 2 amide bonds. The Hall–Kier alpha value is -4.71. The van der Waals surface area contributed by atoms with E-state index in [1.54, 1.807) is 50.2 Å². The first kappa shape index (κ1) is 25.9. The van der Waals surface area contributed by atoms with E-state index in [0.717, 1.165) is 28.1 Å². The normalized spacial score (nSPS) is 11.4. The minimum atomic E-state index is -4.56. The molecule has 12 heteroatoms. The van der Waals surface area contributed by atoms with Crippen molar-refractivity contribution in [3.63, 3.8) is 0 Å². The number of oxazole rings is 1. The quantitative estimate of drug-likeness (QED) is 0.206. The second-order valence-corrected chi connectivity index (χ2v) is 9.67. The van der Waals surface area contributed by atoms with Crippen LogP contribution in [-0.2, 0) is 6.18 Å². The van der Waals surface area contributed by atoms with Crippen molar-refractivity contribution in [1.29, 1.82) is 0 Å². The molecule has 0 aliphatic heterocycles. The van der Waals surface area contributed by atoms with Gasteiger partial charge in [0.1, 0.15) is 6.26 Å². The van der Waals surface area contributed by atoms with Crippen LogP contribution in [0.25, 0.3) is 10.2 Å². The van der Waals surface area contributed by atoms with Crippen molar-refractivity contribution in [2.75, 3.05) is 16.0 Å². The summed E-state index contributed by atoms with van der Waals surface area (Å²) < 4.78 is 45.1. The predicted molar refractivity (Wildman–Crippen MR) is 143 cm³/mol. The molecule has 0 saturated carbocycles. The summed E-state index contributed by atoms with van der Waals surface area (Å²) in [6.45, 7) is 3.59. The van der Waals surface area contributed by atoms with Gasteiger partial charge in [-0.05, 0) is 67.9 Å². The van der Waals surface area contributed by atoms with E-state index in [4.69, 9.17) is 4.42 Å². The number of hydrogen-bond acceptors (Lipinski definition) is 7. The average Bonchev–Trinajstić information content (AvgIpc) is 3.50. The second-order valence-electron chi connectivity index (χ2n) is 8.64. The highest BCUT2D eigenvalue weighted by Gasteiger charge is 2.31. The number of aryl methyl sites for hydroxylation is 2. The van der Waals surface area contributed by atoms with Crippen LogP contribution in [0.3, 0.4) is 0 Å². The van der Waals surface area contributed by atoms with E-state index in [1.807, 2.05) is 0 Å². The number of carbonyl (C=O) groups excluding carboxylic acids is 2. The number of rotatable bonds is 6. The van der Waals surface area contributed by atoms with Gasteiger partial charge in [-0.25, -0.2) is 4.98 Å². The van der Waals surface area contributed by atoms with Crippen molar-refractivity contribution >= 4 is 55.9 Å². The first-order valence-corrected chi connectivity index (χ1v) is 12.4. The summed E-state index contributed by atoms with van der Waals surface area (Å²) in [5.41, 5.74) is 2.24. The summed E-state index contributed by atoms with van der Waals surface area (Å²) >= 11 is 1.33. The number of nitrogens with zero attached hydrogens (tertiary/aromatic N) is 2. The SMILES string of the molecule is Cc1coc(Nc2nc3ccc(C(=O)Nc4cc(NC(=O)c5cccc(C(F)(F)F)c5)ccc4C)cc3s2)n1. The Balaban J connectivity index is 1.30. The summed E-state index contributed by atoms with van der Waals surface area (Å²) in [6.07, 6.45) is -3.04. The number of alkyl halides is 3. The second kappa shape index (κ2) is 10.2. The molecule has 0 aliphatic carbocycles. The molecule has 0 saturated heterocycles. The molecule has 3 aromatic carbocycles. The maximum Gasteiger partial charge on any atom is 0.416 e. The van der Waals surface area contributed by atoms with Crippen molar-refractivity contribution in [3.8, 4) is 0 Å². The van der Waals surface area contributed by atoms with Crippen LogP contribution in [0.5, 0.6) is 0 Å². The Morgan fingerprint density at radius 1 is 0.897 bits per heavy atom. The summed E-state index contributed by atoms with van der Waals surface area (Å²) in [5, 5.41) is 8.96. The van der Waals surface area contributed by atoms with Crippen LogP contribution in [-0.4, -0.2) is 21.8 Å². The Kier molecular flexibility index (Phi) is 6.79. The number of nitrogens with one attached hydrogen (secondary N) is 3. The van der Waals surface area contributed by atoms with Crippen LogP contribution in [0, 0.1) is 13.8 Å². The average molecular weight is 552 g/mol. The lowest BCUT2D eigenvalue weighted by atomic mass is 10.1. The van der Waals surface area contributed by atoms with E-state index in [-0.39, 0.29) is 11.5 Å². The fourth-order valence-corrected chi connectivity index (χ4v) is 4.59. The van der Waals surface area contributed by atoms with Crippen LogP contribution in [0.4, 0.5) is 35.7 Å². The predicted octanol–water partition coefficient (Wildman–Crippen LogP) is 7.17. The summed E-state index contributed by atoms with van der Waals surface area (Å²) in [5.74, 6) is -1.09. The highest BCUT2D eigenvalue weighted by molar-refractivity contribution is 7.22. The molecule has 0 unspecified atom stereocenters. The van der Waals surface area contributed by atoms with E-state index < -0.39 is 17.6 Å². The van der Waals surface area contributed by atoms with E-state index in [1.165, 1.54) is 29.7 Å². The van der Waals surface area contributed by atoms with Crippen molar-refractivity contribution < 1.29 is 27.2 Å².